The van der Waals surface area contributed by atoms with Gasteiger partial charge in [0.2, 0.25) is 5.91 Å². The molecule has 4 N–H and O–H groups in total. The maximum atomic E-state index is 12.8. The number of aliphatic hydroxyl groups excluding tert-OH is 1. The van der Waals surface area contributed by atoms with Gasteiger partial charge in [-0.05, 0) is 41.7 Å². The first-order valence-electron chi connectivity index (χ1n) is 10.5. The van der Waals surface area contributed by atoms with Gasteiger partial charge in [-0.1, -0.05) is 30.3 Å². The molecule has 156 valence electrons. The Morgan fingerprint density at radius 3 is 2.80 bits per heavy atom. The molecule has 2 heterocycles. The molecule has 4 atom stereocenters. The molecule has 2 aliphatic carbocycles. The van der Waals surface area contributed by atoms with Gasteiger partial charge >= 0.3 is 0 Å². The molecule has 0 aliphatic heterocycles. The molecule has 0 radical (unpaired) electrons. The van der Waals surface area contributed by atoms with Crippen molar-refractivity contribution in [2.75, 3.05) is 0 Å². The van der Waals surface area contributed by atoms with Crippen molar-refractivity contribution < 1.29 is 9.90 Å². The molecule has 30 heavy (non-hydrogen) atoms. The lowest BCUT2D eigenvalue weighted by atomic mass is 9.96. The van der Waals surface area contributed by atoms with Crippen molar-refractivity contribution in [3.05, 3.63) is 64.6 Å². The lowest BCUT2D eigenvalue weighted by Gasteiger charge is -2.22. The van der Waals surface area contributed by atoms with E-state index in [1.807, 2.05) is 30.3 Å². The SMILES string of the molecule is O=C(NC1CC1)[C@H]1C[C@@H](NCc2ccsc2)[C@H](c2cnc(-c3ccccc3)[nH]2)[C@@H]1O. The first-order valence-corrected chi connectivity index (χ1v) is 11.5. The zero-order valence-corrected chi connectivity index (χ0v) is 17.4. The minimum Gasteiger partial charge on any atom is -0.392 e. The maximum Gasteiger partial charge on any atom is 0.226 e. The fourth-order valence-corrected chi connectivity index (χ4v) is 5.02. The normalized spacial score (nSPS) is 26.0. The van der Waals surface area contributed by atoms with E-state index in [0.717, 1.165) is 29.9 Å². The number of carbonyl (C=O) groups excluding carboxylic acids is 1. The predicted octanol–water partition coefficient (Wildman–Crippen LogP) is 3.04. The summed E-state index contributed by atoms with van der Waals surface area (Å²) in [5.41, 5.74) is 3.08. The molecule has 6 nitrogen and oxygen atoms in total. The maximum absolute atomic E-state index is 12.8. The number of nitrogens with one attached hydrogen (secondary N) is 3. The average Bonchev–Trinajstić information content (AvgIpc) is 3.14. The minimum atomic E-state index is -0.757. The number of rotatable bonds is 7. The number of nitrogens with zero attached hydrogens (tertiary/aromatic N) is 1. The highest BCUT2D eigenvalue weighted by molar-refractivity contribution is 7.07. The van der Waals surface area contributed by atoms with E-state index in [-0.39, 0.29) is 23.9 Å². The Balaban J connectivity index is 1.38. The molecule has 0 spiro atoms. The summed E-state index contributed by atoms with van der Waals surface area (Å²) in [7, 11) is 0. The molecule has 1 amide bonds. The molecule has 3 aromatic rings. The van der Waals surface area contributed by atoms with Gasteiger partial charge in [0.15, 0.2) is 0 Å². The first kappa shape index (κ1) is 19.5. The van der Waals surface area contributed by atoms with Crippen molar-refractivity contribution in [3.63, 3.8) is 0 Å². The van der Waals surface area contributed by atoms with Crippen LogP contribution in [0.15, 0.2) is 53.4 Å². The van der Waals surface area contributed by atoms with E-state index in [1.165, 1.54) is 5.56 Å². The second kappa shape index (κ2) is 8.34. The van der Waals surface area contributed by atoms with Gasteiger partial charge in [0, 0.05) is 42.0 Å². The van der Waals surface area contributed by atoms with Crippen LogP contribution in [0.2, 0.25) is 0 Å². The minimum absolute atomic E-state index is 0.0149. The largest absolute Gasteiger partial charge is 0.392 e. The molecule has 2 aliphatic rings. The Morgan fingerprint density at radius 1 is 1.23 bits per heavy atom. The zero-order valence-electron chi connectivity index (χ0n) is 16.6. The van der Waals surface area contributed by atoms with Crippen molar-refractivity contribution in [3.8, 4) is 11.4 Å². The molecule has 1 aromatic carbocycles. The van der Waals surface area contributed by atoms with Crippen molar-refractivity contribution in [2.45, 2.75) is 49.9 Å². The summed E-state index contributed by atoms with van der Waals surface area (Å²) in [4.78, 5) is 20.7. The Kier molecular flexibility index (Phi) is 5.41. The molecule has 0 bridgehead atoms. The van der Waals surface area contributed by atoms with E-state index in [4.69, 9.17) is 0 Å². The summed E-state index contributed by atoms with van der Waals surface area (Å²) >= 11 is 1.67. The molecule has 7 heteroatoms. The molecule has 2 saturated carbocycles. The van der Waals surface area contributed by atoms with Crippen molar-refractivity contribution in [1.82, 2.24) is 20.6 Å². The van der Waals surface area contributed by atoms with Gasteiger partial charge in [0.25, 0.3) is 0 Å². The molecule has 0 unspecified atom stereocenters. The Bertz CT molecular complexity index is 984. The lowest BCUT2D eigenvalue weighted by Crippen LogP contribution is -2.37. The monoisotopic (exact) mass is 422 g/mol. The predicted molar refractivity (Wildman–Crippen MR) is 117 cm³/mol. The third-order valence-electron chi connectivity index (χ3n) is 6.13. The highest BCUT2D eigenvalue weighted by Crippen LogP contribution is 2.40. The first-order chi connectivity index (χ1) is 14.7. The smallest absolute Gasteiger partial charge is 0.226 e. The second-order valence-corrected chi connectivity index (χ2v) is 9.09. The van der Waals surface area contributed by atoms with Crippen molar-refractivity contribution >= 4 is 17.2 Å². The van der Waals surface area contributed by atoms with E-state index in [1.54, 1.807) is 17.5 Å². The van der Waals surface area contributed by atoms with Crippen LogP contribution in [-0.4, -0.2) is 39.2 Å². The van der Waals surface area contributed by atoms with Crippen molar-refractivity contribution in [1.29, 1.82) is 0 Å². The van der Waals surface area contributed by atoms with Gasteiger partial charge in [-0.2, -0.15) is 11.3 Å². The number of H-pyrrole nitrogens is 1. The molecule has 0 saturated heterocycles. The fourth-order valence-electron chi connectivity index (χ4n) is 4.35. The highest BCUT2D eigenvalue weighted by atomic mass is 32.1. The second-order valence-electron chi connectivity index (χ2n) is 8.31. The average molecular weight is 423 g/mol. The van der Waals surface area contributed by atoms with Gasteiger partial charge in [0.1, 0.15) is 5.82 Å². The number of aromatic amines is 1. The number of imidazole rings is 1. The quantitative estimate of drug-likeness (QED) is 0.471. The van der Waals surface area contributed by atoms with E-state index >= 15 is 0 Å². The van der Waals surface area contributed by atoms with Crippen LogP contribution in [0.3, 0.4) is 0 Å². The summed E-state index contributed by atoms with van der Waals surface area (Å²) in [6.45, 7) is 0.716. The van der Waals surface area contributed by atoms with Gasteiger partial charge in [-0.15, -0.1) is 0 Å². The Labute approximate surface area is 179 Å². The standard InChI is InChI=1S/C23H26N4O2S/c28-21-17(23(29)26-16-6-7-16)10-18(24-11-14-8-9-30-13-14)20(21)19-12-25-22(27-19)15-4-2-1-3-5-15/h1-5,8-9,12-13,16-18,20-21,24,28H,6-7,10-11H2,(H,25,27)(H,26,29)/t17-,18+,20+,21+/m0/s1. The highest BCUT2D eigenvalue weighted by Gasteiger charge is 2.47. The molecule has 2 fully saturated rings. The third-order valence-corrected chi connectivity index (χ3v) is 6.86. The molecular weight excluding hydrogens is 396 g/mol. The summed E-state index contributed by atoms with van der Waals surface area (Å²) in [5, 5.41) is 22.0. The zero-order chi connectivity index (χ0) is 20.5. The van der Waals surface area contributed by atoms with Crippen LogP contribution in [-0.2, 0) is 11.3 Å². The van der Waals surface area contributed by atoms with Gasteiger partial charge in [-0.3, -0.25) is 4.79 Å². The molecule has 5 rings (SSSR count). The van der Waals surface area contributed by atoms with E-state index in [2.05, 4.69) is 37.4 Å². The summed E-state index contributed by atoms with van der Waals surface area (Å²) < 4.78 is 0. The van der Waals surface area contributed by atoms with Crippen LogP contribution in [0.4, 0.5) is 0 Å². The molecular formula is C23H26N4O2S. The number of aliphatic hydroxyl groups is 1. The number of hydrogen-bond donors (Lipinski definition) is 4. The summed E-state index contributed by atoms with van der Waals surface area (Å²) in [5.74, 6) is 0.112. The van der Waals surface area contributed by atoms with Crippen LogP contribution in [0.25, 0.3) is 11.4 Å². The lowest BCUT2D eigenvalue weighted by molar-refractivity contribution is -0.127. The Morgan fingerprint density at radius 2 is 2.07 bits per heavy atom. The van der Waals surface area contributed by atoms with Gasteiger partial charge in [-0.25, -0.2) is 4.98 Å². The van der Waals surface area contributed by atoms with Gasteiger partial charge < -0.3 is 20.7 Å². The Hall–Kier alpha value is -2.48. The number of hydrogen-bond acceptors (Lipinski definition) is 5. The van der Waals surface area contributed by atoms with Crippen molar-refractivity contribution in [2.24, 2.45) is 5.92 Å². The fraction of sp³-hybridized carbons (Fsp3) is 0.391. The van der Waals surface area contributed by atoms with Crippen LogP contribution >= 0.6 is 11.3 Å². The summed E-state index contributed by atoms with van der Waals surface area (Å²) in [6, 6.07) is 12.3. The topological polar surface area (TPSA) is 90.0 Å². The van der Waals surface area contributed by atoms with Crippen LogP contribution in [0, 0.1) is 5.92 Å². The summed E-state index contributed by atoms with van der Waals surface area (Å²) in [6.07, 6.45) is 3.73. The van der Waals surface area contributed by atoms with Crippen LogP contribution < -0.4 is 10.6 Å². The number of amides is 1. The van der Waals surface area contributed by atoms with E-state index in [0.29, 0.717) is 13.0 Å². The number of thiophene rings is 1. The van der Waals surface area contributed by atoms with Gasteiger partial charge in [0.05, 0.1) is 12.0 Å². The number of benzene rings is 1. The van der Waals surface area contributed by atoms with E-state index < -0.39 is 12.0 Å². The number of carbonyl (C=O) groups is 1. The number of aromatic nitrogens is 2. The van der Waals surface area contributed by atoms with Crippen LogP contribution in [0.1, 0.15) is 36.4 Å². The van der Waals surface area contributed by atoms with Crippen LogP contribution in [0.5, 0.6) is 0 Å². The van der Waals surface area contributed by atoms with E-state index in [9.17, 15) is 9.90 Å². The third kappa shape index (κ3) is 4.05. The molecule has 2 aromatic heterocycles.